The fourth-order valence-electron chi connectivity index (χ4n) is 0.930. The van der Waals surface area contributed by atoms with Gasteiger partial charge < -0.3 is 5.73 Å². The van der Waals surface area contributed by atoms with Crippen molar-refractivity contribution in [1.29, 1.82) is 5.41 Å². The topological polar surface area (TPSA) is 74.3 Å². The third-order valence-electron chi connectivity index (χ3n) is 1.68. The van der Waals surface area contributed by atoms with Crippen molar-refractivity contribution in [2.45, 2.75) is 6.92 Å². The lowest BCUT2D eigenvalue weighted by Crippen LogP contribution is -2.26. The van der Waals surface area contributed by atoms with Gasteiger partial charge in [-0.25, -0.2) is 5.43 Å². The van der Waals surface area contributed by atoms with Crippen LogP contribution >= 0.6 is 35.6 Å². The average molecular weight is 282 g/mol. The normalized spacial score (nSPS) is 10.6. The molecule has 0 aromatic heterocycles. The van der Waals surface area contributed by atoms with E-state index in [-0.39, 0.29) is 18.4 Å². The van der Waals surface area contributed by atoms with E-state index in [9.17, 15) is 0 Å². The van der Waals surface area contributed by atoms with Gasteiger partial charge in [-0.05, 0) is 24.6 Å². The summed E-state index contributed by atoms with van der Waals surface area (Å²) in [7, 11) is 0. The molecular weight excluding hydrogens is 270 g/mol. The molecule has 4 nitrogen and oxygen atoms in total. The van der Waals surface area contributed by atoms with Crippen LogP contribution in [-0.4, -0.2) is 11.7 Å². The first-order chi connectivity index (χ1) is 7.00. The Labute approximate surface area is 110 Å². The summed E-state index contributed by atoms with van der Waals surface area (Å²) >= 11 is 11.6. The van der Waals surface area contributed by atoms with Crippen LogP contribution in [0.15, 0.2) is 23.3 Å². The van der Waals surface area contributed by atoms with Crippen molar-refractivity contribution in [2.75, 3.05) is 0 Å². The number of halogens is 3. The quantitative estimate of drug-likeness (QED) is 0.443. The number of rotatable bonds is 2. The van der Waals surface area contributed by atoms with Crippen LogP contribution in [0.2, 0.25) is 10.0 Å². The van der Waals surface area contributed by atoms with Crippen LogP contribution in [0.25, 0.3) is 0 Å². The van der Waals surface area contributed by atoms with Crippen molar-refractivity contribution in [2.24, 2.45) is 10.8 Å². The maximum atomic E-state index is 6.94. The lowest BCUT2D eigenvalue weighted by atomic mass is 10.1. The summed E-state index contributed by atoms with van der Waals surface area (Å²) in [6.07, 6.45) is 0. The molecule has 1 aromatic carbocycles. The number of guanidine groups is 1. The number of nitrogens with two attached hydrogens (primary N) is 1. The highest BCUT2D eigenvalue weighted by Gasteiger charge is 2.02. The summed E-state index contributed by atoms with van der Waals surface area (Å²) in [5.41, 5.74) is 8.93. The Balaban J connectivity index is 0.00000225. The zero-order chi connectivity index (χ0) is 11.4. The van der Waals surface area contributed by atoms with E-state index in [4.69, 9.17) is 34.3 Å². The molecule has 0 atom stereocenters. The van der Waals surface area contributed by atoms with Crippen molar-refractivity contribution >= 4 is 47.3 Å². The van der Waals surface area contributed by atoms with Gasteiger partial charge in [0.2, 0.25) is 5.96 Å². The van der Waals surface area contributed by atoms with Crippen LogP contribution in [0.5, 0.6) is 0 Å². The molecule has 0 radical (unpaired) electrons. The predicted octanol–water partition coefficient (Wildman–Crippen LogP) is 2.62. The second-order valence-corrected chi connectivity index (χ2v) is 3.67. The summed E-state index contributed by atoms with van der Waals surface area (Å²) < 4.78 is 0. The third-order valence-corrected chi connectivity index (χ3v) is 2.42. The lowest BCUT2D eigenvalue weighted by molar-refractivity contribution is 0.992. The van der Waals surface area contributed by atoms with Gasteiger partial charge >= 0.3 is 0 Å². The SMILES string of the molecule is CC(=NNC(=N)N)c1ccc(Cl)c(Cl)c1.Cl. The van der Waals surface area contributed by atoms with Crippen molar-refractivity contribution < 1.29 is 0 Å². The summed E-state index contributed by atoms with van der Waals surface area (Å²) in [5, 5.41) is 11.8. The lowest BCUT2D eigenvalue weighted by Gasteiger charge is -2.03. The summed E-state index contributed by atoms with van der Waals surface area (Å²) in [6.45, 7) is 1.77. The van der Waals surface area contributed by atoms with E-state index >= 15 is 0 Å². The predicted molar refractivity (Wildman–Crippen MR) is 71.0 cm³/mol. The van der Waals surface area contributed by atoms with Crippen LogP contribution < -0.4 is 11.2 Å². The molecule has 88 valence electrons. The maximum Gasteiger partial charge on any atom is 0.206 e. The molecule has 0 aliphatic carbocycles. The molecule has 0 bridgehead atoms. The van der Waals surface area contributed by atoms with E-state index in [0.29, 0.717) is 15.8 Å². The molecule has 0 aliphatic rings. The Morgan fingerprint density at radius 1 is 1.38 bits per heavy atom. The fourth-order valence-corrected chi connectivity index (χ4v) is 1.23. The second kappa shape index (κ2) is 6.58. The molecule has 0 amide bonds. The molecule has 0 fully saturated rings. The Morgan fingerprint density at radius 2 is 2.00 bits per heavy atom. The van der Waals surface area contributed by atoms with Gasteiger partial charge in [-0.15, -0.1) is 12.4 Å². The first-order valence-corrected chi connectivity index (χ1v) is 4.86. The molecule has 0 aliphatic heterocycles. The monoisotopic (exact) mass is 280 g/mol. The van der Waals surface area contributed by atoms with Crippen LogP contribution in [0.1, 0.15) is 12.5 Å². The second-order valence-electron chi connectivity index (χ2n) is 2.85. The van der Waals surface area contributed by atoms with E-state index in [2.05, 4.69) is 10.5 Å². The zero-order valence-electron chi connectivity index (χ0n) is 8.42. The van der Waals surface area contributed by atoms with Gasteiger partial charge in [-0.2, -0.15) is 5.10 Å². The zero-order valence-corrected chi connectivity index (χ0v) is 10.7. The minimum absolute atomic E-state index is 0. The van der Waals surface area contributed by atoms with E-state index in [1.54, 1.807) is 25.1 Å². The first-order valence-electron chi connectivity index (χ1n) is 4.10. The Morgan fingerprint density at radius 3 is 2.50 bits per heavy atom. The number of hydrogen-bond donors (Lipinski definition) is 3. The highest BCUT2D eigenvalue weighted by atomic mass is 35.5. The summed E-state index contributed by atoms with van der Waals surface area (Å²) in [5.74, 6) is -0.214. The minimum Gasteiger partial charge on any atom is -0.369 e. The van der Waals surface area contributed by atoms with E-state index < -0.39 is 0 Å². The molecule has 0 saturated carbocycles. The van der Waals surface area contributed by atoms with Gasteiger partial charge in [-0.1, -0.05) is 29.3 Å². The first kappa shape index (κ1) is 15.0. The van der Waals surface area contributed by atoms with Gasteiger partial charge in [0.1, 0.15) is 0 Å². The summed E-state index contributed by atoms with van der Waals surface area (Å²) in [6, 6.07) is 5.17. The number of nitrogens with one attached hydrogen (secondary N) is 2. The van der Waals surface area contributed by atoms with Crippen molar-refractivity contribution in [3.05, 3.63) is 33.8 Å². The van der Waals surface area contributed by atoms with Gasteiger partial charge in [0, 0.05) is 0 Å². The molecule has 0 saturated heterocycles. The summed E-state index contributed by atoms with van der Waals surface area (Å²) in [4.78, 5) is 0. The number of nitrogens with zero attached hydrogens (tertiary/aromatic N) is 1. The van der Waals surface area contributed by atoms with Crippen LogP contribution in [-0.2, 0) is 0 Å². The maximum absolute atomic E-state index is 6.94. The van der Waals surface area contributed by atoms with Gasteiger partial charge in [-0.3, -0.25) is 5.41 Å². The van der Waals surface area contributed by atoms with Gasteiger partial charge in [0.15, 0.2) is 0 Å². The van der Waals surface area contributed by atoms with E-state index in [1.165, 1.54) is 0 Å². The molecule has 1 aromatic rings. The van der Waals surface area contributed by atoms with Crippen LogP contribution in [0, 0.1) is 5.41 Å². The van der Waals surface area contributed by atoms with Crippen molar-refractivity contribution in [3.8, 4) is 0 Å². The number of hydrazone groups is 1. The Kier molecular flexibility index (Phi) is 6.18. The fraction of sp³-hybridized carbons (Fsp3) is 0.111. The van der Waals surface area contributed by atoms with E-state index in [0.717, 1.165) is 5.56 Å². The third kappa shape index (κ3) is 4.26. The molecule has 4 N–H and O–H groups in total. The van der Waals surface area contributed by atoms with E-state index in [1.807, 2.05) is 0 Å². The molecular formula is C9H11Cl3N4. The minimum atomic E-state index is -0.214. The largest absolute Gasteiger partial charge is 0.369 e. The molecule has 0 spiro atoms. The van der Waals surface area contributed by atoms with Crippen molar-refractivity contribution in [1.82, 2.24) is 5.43 Å². The Bertz CT molecular complexity index is 417. The van der Waals surface area contributed by atoms with Crippen LogP contribution in [0.4, 0.5) is 0 Å². The highest BCUT2D eigenvalue weighted by Crippen LogP contribution is 2.22. The molecule has 16 heavy (non-hydrogen) atoms. The van der Waals surface area contributed by atoms with Crippen LogP contribution in [0.3, 0.4) is 0 Å². The average Bonchev–Trinajstić information content (AvgIpc) is 2.18. The smallest absolute Gasteiger partial charge is 0.206 e. The van der Waals surface area contributed by atoms with Crippen molar-refractivity contribution in [3.63, 3.8) is 0 Å². The standard InChI is InChI=1S/C9H10Cl2N4.ClH/c1-5(14-15-9(12)13)6-2-3-7(10)8(11)4-6;/h2-4H,1H3,(H4,12,13,15);1H. The molecule has 1 rings (SSSR count). The highest BCUT2D eigenvalue weighted by molar-refractivity contribution is 6.42. The molecule has 0 unspecified atom stereocenters. The Hall–Kier alpha value is -0.970. The number of hydrogen-bond acceptors (Lipinski definition) is 2. The molecule has 7 heteroatoms. The van der Waals surface area contributed by atoms with Gasteiger partial charge in [0.25, 0.3) is 0 Å². The van der Waals surface area contributed by atoms with Gasteiger partial charge in [0.05, 0.1) is 15.8 Å². The number of benzene rings is 1. The molecule has 0 heterocycles.